The van der Waals surface area contributed by atoms with Gasteiger partial charge < -0.3 is 5.32 Å². The van der Waals surface area contributed by atoms with Gasteiger partial charge in [-0.1, -0.05) is 18.2 Å². The van der Waals surface area contributed by atoms with Crippen LogP contribution in [0.15, 0.2) is 47.5 Å². The monoisotopic (exact) mass is 362 g/mol. The van der Waals surface area contributed by atoms with Crippen molar-refractivity contribution >= 4 is 21.7 Å². The molecule has 1 unspecified atom stereocenters. The quantitative estimate of drug-likeness (QED) is 0.752. The number of hydrogen-bond acceptors (Lipinski definition) is 4. The van der Waals surface area contributed by atoms with Crippen molar-refractivity contribution in [3.63, 3.8) is 0 Å². The van der Waals surface area contributed by atoms with E-state index in [1.54, 1.807) is 30.5 Å². The number of nitrogens with zero attached hydrogens (tertiary/aromatic N) is 2. The molecular formula is C17H22N4O3S. The van der Waals surface area contributed by atoms with E-state index in [2.05, 4.69) is 22.1 Å². The SMILES string of the molecule is CC(C1CC1)n1nccc1NC(=O)CCNS(=O)(=O)c1ccccc1. The molecule has 0 spiro atoms. The fourth-order valence-corrected chi connectivity index (χ4v) is 3.76. The second kappa shape index (κ2) is 7.37. The zero-order chi connectivity index (χ0) is 17.9. The number of rotatable bonds is 8. The van der Waals surface area contributed by atoms with Crippen molar-refractivity contribution in [2.75, 3.05) is 11.9 Å². The summed E-state index contributed by atoms with van der Waals surface area (Å²) in [7, 11) is -3.59. The van der Waals surface area contributed by atoms with Crippen molar-refractivity contribution < 1.29 is 13.2 Å². The summed E-state index contributed by atoms with van der Waals surface area (Å²) in [5.41, 5.74) is 0. The molecule has 1 aliphatic rings. The minimum absolute atomic E-state index is 0.0371. The normalized spacial score (nSPS) is 15.7. The molecule has 0 aliphatic heterocycles. The molecule has 7 nitrogen and oxygen atoms in total. The third kappa shape index (κ3) is 4.46. The Labute approximate surface area is 147 Å². The fourth-order valence-electron chi connectivity index (χ4n) is 2.70. The van der Waals surface area contributed by atoms with E-state index in [1.165, 1.54) is 25.0 Å². The van der Waals surface area contributed by atoms with Crippen LogP contribution >= 0.6 is 0 Å². The Balaban J connectivity index is 1.51. The van der Waals surface area contributed by atoms with Gasteiger partial charge in [-0.25, -0.2) is 17.8 Å². The largest absolute Gasteiger partial charge is 0.311 e. The Kier molecular flexibility index (Phi) is 5.19. The Morgan fingerprint density at radius 1 is 1.28 bits per heavy atom. The van der Waals surface area contributed by atoms with E-state index >= 15 is 0 Å². The Morgan fingerprint density at radius 2 is 2.00 bits per heavy atom. The fraction of sp³-hybridized carbons (Fsp3) is 0.412. The van der Waals surface area contributed by atoms with Gasteiger partial charge in [0.2, 0.25) is 15.9 Å². The number of carbonyl (C=O) groups is 1. The number of hydrogen-bond donors (Lipinski definition) is 2. The number of benzene rings is 1. The van der Waals surface area contributed by atoms with E-state index in [9.17, 15) is 13.2 Å². The van der Waals surface area contributed by atoms with E-state index in [1.807, 2.05) is 4.68 Å². The molecule has 1 heterocycles. The van der Waals surface area contributed by atoms with Crippen LogP contribution in [0.25, 0.3) is 0 Å². The van der Waals surface area contributed by atoms with Crippen molar-refractivity contribution in [3.8, 4) is 0 Å². The van der Waals surface area contributed by atoms with Crippen LogP contribution in [0.2, 0.25) is 0 Å². The topological polar surface area (TPSA) is 93.1 Å². The Morgan fingerprint density at radius 3 is 2.68 bits per heavy atom. The summed E-state index contributed by atoms with van der Waals surface area (Å²) in [6.45, 7) is 2.13. The zero-order valence-corrected chi connectivity index (χ0v) is 14.9. The first-order valence-corrected chi connectivity index (χ1v) is 9.84. The number of aromatic nitrogens is 2. The van der Waals surface area contributed by atoms with Gasteiger partial charge in [-0.15, -0.1) is 0 Å². The van der Waals surface area contributed by atoms with Gasteiger partial charge in [-0.05, 0) is 37.8 Å². The number of carbonyl (C=O) groups excluding carboxylic acids is 1. The molecule has 1 aromatic carbocycles. The molecule has 2 N–H and O–H groups in total. The van der Waals surface area contributed by atoms with Crippen molar-refractivity contribution in [2.24, 2.45) is 5.92 Å². The summed E-state index contributed by atoms with van der Waals surface area (Å²) in [5.74, 6) is 1.02. The summed E-state index contributed by atoms with van der Waals surface area (Å²) in [6, 6.07) is 10.1. The lowest BCUT2D eigenvalue weighted by Gasteiger charge is -2.15. The summed E-state index contributed by atoms with van der Waals surface area (Å²) in [5, 5.41) is 7.09. The maximum atomic E-state index is 12.1. The van der Waals surface area contributed by atoms with Gasteiger partial charge >= 0.3 is 0 Å². The second-order valence-corrected chi connectivity index (χ2v) is 8.02. The van der Waals surface area contributed by atoms with Crippen LogP contribution in [-0.2, 0) is 14.8 Å². The van der Waals surface area contributed by atoms with Crippen LogP contribution in [0.3, 0.4) is 0 Å². The number of anilines is 1. The van der Waals surface area contributed by atoms with Crippen molar-refractivity contribution in [2.45, 2.75) is 37.1 Å². The molecule has 0 bridgehead atoms. The molecular weight excluding hydrogens is 340 g/mol. The minimum Gasteiger partial charge on any atom is -0.311 e. The predicted molar refractivity (Wildman–Crippen MR) is 94.5 cm³/mol. The smallest absolute Gasteiger partial charge is 0.240 e. The van der Waals surface area contributed by atoms with Gasteiger partial charge in [-0.2, -0.15) is 5.10 Å². The van der Waals surface area contributed by atoms with Gasteiger partial charge in [0.15, 0.2) is 0 Å². The Hall–Kier alpha value is -2.19. The molecule has 1 amide bonds. The van der Waals surface area contributed by atoms with E-state index in [0.717, 1.165) is 0 Å². The second-order valence-electron chi connectivity index (χ2n) is 6.25. The molecule has 8 heteroatoms. The molecule has 25 heavy (non-hydrogen) atoms. The van der Waals surface area contributed by atoms with E-state index in [0.29, 0.717) is 11.7 Å². The molecule has 1 fully saturated rings. The van der Waals surface area contributed by atoms with E-state index < -0.39 is 10.0 Å². The lowest BCUT2D eigenvalue weighted by Crippen LogP contribution is -2.28. The first-order valence-electron chi connectivity index (χ1n) is 8.35. The highest BCUT2D eigenvalue weighted by Gasteiger charge is 2.30. The van der Waals surface area contributed by atoms with Crippen molar-refractivity contribution in [3.05, 3.63) is 42.6 Å². The molecule has 1 aliphatic carbocycles. The van der Waals surface area contributed by atoms with Gasteiger partial charge in [-0.3, -0.25) is 4.79 Å². The maximum absolute atomic E-state index is 12.1. The molecule has 0 radical (unpaired) electrons. The third-order valence-electron chi connectivity index (χ3n) is 4.33. The lowest BCUT2D eigenvalue weighted by atomic mass is 10.2. The lowest BCUT2D eigenvalue weighted by molar-refractivity contribution is -0.116. The molecule has 3 rings (SSSR count). The average Bonchev–Trinajstić information content (AvgIpc) is 3.35. The molecule has 0 saturated heterocycles. The highest BCUT2D eigenvalue weighted by atomic mass is 32.2. The molecule has 1 saturated carbocycles. The molecule has 1 aromatic heterocycles. The average molecular weight is 362 g/mol. The number of amides is 1. The van der Waals surface area contributed by atoms with Crippen LogP contribution in [0.5, 0.6) is 0 Å². The maximum Gasteiger partial charge on any atom is 0.240 e. The van der Waals surface area contributed by atoms with Crippen LogP contribution in [0.4, 0.5) is 5.82 Å². The summed E-state index contributed by atoms with van der Waals surface area (Å²) in [4.78, 5) is 12.3. The standard InChI is InChI=1S/C17H22N4O3S/c1-13(14-7-8-14)21-16(9-11-18-21)20-17(22)10-12-19-25(23,24)15-5-3-2-4-6-15/h2-6,9,11,13-14,19H,7-8,10,12H2,1H3,(H,20,22). The van der Waals surface area contributed by atoms with Gasteiger partial charge in [0, 0.05) is 19.0 Å². The number of sulfonamides is 1. The number of nitrogens with one attached hydrogen (secondary N) is 2. The predicted octanol–water partition coefficient (Wildman–Crippen LogP) is 2.16. The highest BCUT2D eigenvalue weighted by molar-refractivity contribution is 7.89. The highest BCUT2D eigenvalue weighted by Crippen LogP contribution is 2.40. The van der Waals surface area contributed by atoms with Gasteiger partial charge in [0.25, 0.3) is 0 Å². The van der Waals surface area contributed by atoms with Crippen molar-refractivity contribution in [1.29, 1.82) is 0 Å². The van der Waals surface area contributed by atoms with Crippen molar-refractivity contribution in [1.82, 2.24) is 14.5 Å². The van der Waals surface area contributed by atoms with E-state index in [-0.39, 0.29) is 29.8 Å². The first-order chi connectivity index (χ1) is 12.0. The molecule has 1 atom stereocenters. The van der Waals surface area contributed by atoms with Crippen LogP contribution in [-0.4, -0.2) is 30.7 Å². The summed E-state index contributed by atoms with van der Waals surface area (Å²) >= 11 is 0. The van der Waals surface area contributed by atoms with Gasteiger partial charge in [0.1, 0.15) is 5.82 Å². The molecule has 134 valence electrons. The Bertz CT molecular complexity index is 829. The van der Waals surface area contributed by atoms with Gasteiger partial charge in [0.05, 0.1) is 17.1 Å². The van der Waals surface area contributed by atoms with E-state index in [4.69, 9.17) is 0 Å². The summed E-state index contributed by atoms with van der Waals surface area (Å²) in [6.07, 6.45) is 4.09. The van der Waals surface area contributed by atoms with Crippen LogP contribution in [0.1, 0.15) is 32.2 Å². The van der Waals surface area contributed by atoms with Crippen LogP contribution in [0, 0.1) is 5.92 Å². The zero-order valence-electron chi connectivity index (χ0n) is 14.1. The molecule has 2 aromatic rings. The van der Waals surface area contributed by atoms with Crippen LogP contribution < -0.4 is 10.0 Å². The summed E-state index contributed by atoms with van der Waals surface area (Å²) < 4.78 is 28.5. The first kappa shape index (κ1) is 17.6. The minimum atomic E-state index is -3.59. The third-order valence-corrected chi connectivity index (χ3v) is 5.80.